The summed E-state index contributed by atoms with van der Waals surface area (Å²) in [5.74, 6) is -0.129. The zero-order valence-electron chi connectivity index (χ0n) is 23.8. The molecule has 0 heterocycles. The Bertz CT molecular complexity index is 1380. The third-order valence-corrected chi connectivity index (χ3v) is 8.71. The molecular weight excluding hydrogens is 526 g/mol. The summed E-state index contributed by atoms with van der Waals surface area (Å²) in [6.45, 7) is 7.11. The number of nitrogens with zero attached hydrogens (tertiary/aromatic N) is 2. The Kier molecular flexibility index (Phi) is 10.7. The fourth-order valence-corrected chi connectivity index (χ4v) is 5.73. The van der Waals surface area contributed by atoms with Gasteiger partial charge >= 0.3 is 0 Å². The van der Waals surface area contributed by atoms with E-state index < -0.39 is 28.5 Å². The van der Waals surface area contributed by atoms with Gasteiger partial charge in [-0.3, -0.25) is 13.9 Å². The van der Waals surface area contributed by atoms with Crippen molar-refractivity contribution in [3.05, 3.63) is 90.0 Å². The number of carbonyl (C=O) groups is 2. The lowest BCUT2D eigenvalue weighted by Crippen LogP contribution is -2.52. The van der Waals surface area contributed by atoms with Gasteiger partial charge in [0.15, 0.2) is 0 Å². The van der Waals surface area contributed by atoms with Gasteiger partial charge in [0.2, 0.25) is 11.8 Å². The molecular formula is C31H39N3O5S. The second kappa shape index (κ2) is 14.0. The average molecular weight is 566 g/mol. The van der Waals surface area contributed by atoms with Gasteiger partial charge in [-0.15, -0.1) is 0 Å². The van der Waals surface area contributed by atoms with E-state index in [1.54, 1.807) is 56.5 Å². The molecule has 0 fully saturated rings. The fourth-order valence-electron chi connectivity index (χ4n) is 4.26. The van der Waals surface area contributed by atoms with E-state index in [1.165, 1.54) is 17.0 Å². The zero-order valence-corrected chi connectivity index (χ0v) is 24.6. The van der Waals surface area contributed by atoms with Crippen LogP contribution in [0.1, 0.15) is 45.2 Å². The van der Waals surface area contributed by atoms with Gasteiger partial charge in [-0.2, -0.15) is 0 Å². The lowest BCUT2D eigenvalue weighted by Gasteiger charge is -2.33. The van der Waals surface area contributed by atoms with E-state index in [0.29, 0.717) is 17.9 Å². The summed E-state index contributed by atoms with van der Waals surface area (Å²) in [6.07, 6.45) is 1.32. The molecule has 1 N–H and O–H groups in total. The van der Waals surface area contributed by atoms with Crippen LogP contribution in [0.15, 0.2) is 83.8 Å². The minimum Gasteiger partial charge on any atom is -0.497 e. The molecule has 3 rings (SSSR count). The van der Waals surface area contributed by atoms with Crippen molar-refractivity contribution in [1.82, 2.24) is 10.2 Å². The summed E-state index contributed by atoms with van der Waals surface area (Å²) in [5.41, 5.74) is 2.01. The molecule has 0 bridgehead atoms. The van der Waals surface area contributed by atoms with Crippen molar-refractivity contribution in [3.63, 3.8) is 0 Å². The number of sulfonamides is 1. The number of anilines is 1. The van der Waals surface area contributed by atoms with Crippen LogP contribution in [0.25, 0.3) is 0 Å². The molecule has 2 atom stereocenters. The molecule has 0 aliphatic rings. The first-order valence-corrected chi connectivity index (χ1v) is 14.9. The smallest absolute Gasteiger partial charge is 0.264 e. The first kappa shape index (κ1) is 30.7. The number of nitrogens with one attached hydrogen (secondary N) is 1. The average Bonchev–Trinajstić information content (AvgIpc) is 2.98. The number of para-hydroxylation sites is 1. The van der Waals surface area contributed by atoms with Crippen LogP contribution < -0.4 is 14.4 Å². The maximum absolute atomic E-state index is 14.0. The summed E-state index contributed by atoms with van der Waals surface area (Å²) >= 11 is 0. The van der Waals surface area contributed by atoms with Gasteiger partial charge in [0.25, 0.3) is 10.0 Å². The summed E-state index contributed by atoms with van der Waals surface area (Å²) in [6, 6.07) is 21.5. The van der Waals surface area contributed by atoms with E-state index in [-0.39, 0.29) is 23.4 Å². The minimum atomic E-state index is -4.10. The number of hydrogen-bond acceptors (Lipinski definition) is 5. The molecule has 9 heteroatoms. The van der Waals surface area contributed by atoms with E-state index in [9.17, 15) is 18.0 Å². The molecule has 2 amide bonds. The molecule has 40 heavy (non-hydrogen) atoms. The van der Waals surface area contributed by atoms with Crippen LogP contribution in [0.3, 0.4) is 0 Å². The number of aryl methyl sites for hydroxylation is 1. The summed E-state index contributed by atoms with van der Waals surface area (Å²) in [5, 5.41) is 2.94. The highest BCUT2D eigenvalue weighted by atomic mass is 32.2. The fraction of sp³-hybridized carbons (Fsp3) is 0.355. The van der Waals surface area contributed by atoms with Gasteiger partial charge in [-0.25, -0.2) is 8.42 Å². The Morgan fingerprint density at radius 1 is 0.900 bits per heavy atom. The minimum absolute atomic E-state index is 0.0701. The Morgan fingerprint density at radius 2 is 1.52 bits per heavy atom. The monoisotopic (exact) mass is 565 g/mol. The van der Waals surface area contributed by atoms with Crippen molar-refractivity contribution in [1.29, 1.82) is 0 Å². The summed E-state index contributed by atoms with van der Waals surface area (Å²) in [4.78, 5) is 28.7. The van der Waals surface area contributed by atoms with Gasteiger partial charge in [-0.1, -0.05) is 62.4 Å². The molecule has 0 aliphatic heterocycles. The lowest BCUT2D eigenvalue weighted by molar-refractivity contribution is -0.139. The third kappa shape index (κ3) is 7.41. The highest BCUT2D eigenvalue weighted by Crippen LogP contribution is 2.28. The number of methoxy groups -OCH3 is 1. The van der Waals surface area contributed by atoms with Crippen LogP contribution in [0, 0.1) is 0 Å². The maximum atomic E-state index is 14.0. The Morgan fingerprint density at radius 3 is 2.12 bits per heavy atom. The van der Waals surface area contributed by atoms with Gasteiger partial charge in [0.05, 0.1) is 17.7 Å². The predicted molar refractivity (Wildman–Crippen MR) is 158 cm³/mol. The molecule has 0 radical (unpaired) electrons. The maximum Gasteiger partial charge on any atom is 0.264 e. The molecule has 0 saturated carbocycles. The Balaban J connectivity index is 2.04. The standard InChI is InChI=1S/C31H39N3O5S/c1-6-23(3)32-31(36)24(4)33(21-25-17-19-27(39-5)20-18-25)30(35)22-34(29-16-12-11-13-26(29)7-2)40(37,38)28-14-9-8-10-15-28/h8-20,23-24H,6-7,21-22H2,1-5H3,(H,32,36)/t23-,24-/m0/s1. The predicted octanol–water partition coefficient (Wildman–Crippen LogP) is 4.78. The number of hydrogen-bond donors (Lipinski definition) is 1. The lowest BCUT2D eigenvalue weighted by atomic mass is 10.1. The number of ether oxygens (including phenoxy) is 1. The van der Waals surface area contributed by atoms with E-state index in [0.717, 1.165) is 21.9 Å². The SMILES string of the molecule is CCc1ccccc1N(CC(=O)N(Cc1ccc(OC)cc1)[C@@H](C)C(=O)N[C@@H](C)CC)S(=O)(=O)c1ccccc1. The van der Waals surface area contributed by atoms with Crippen molar-refractivity contribution in [3.8, 4) is 5.75 Å². The first-order chi connectivity index (χ1) is 19.1. The summed E-state index contributed by atoms with van der Waals surface area (Å²) in [7, 11) is -2.53. The molecule has 214 valence electrons. The van der Waals surface area contributed by atoms with Crippen LogP contribution in [0.4, 0.5) is 5.69 Å². The highest BCUT2D eigenvalue weighted by molar-refractivity contribution is 7.92. The Hall–Kier alpha value is -3.85. The highest BCUT2D eigenvalue weighted by Gasteiger charge is 2.33. The molecule has 8 nitrogen and oxygen atoms in total. The van der Waals surface area contributed by atoms with E-state index in [2.05, 4.69) is 5.32 Å². The number of benzene rings is 3. The van der Waals surface area contributed by atoms with Gasteiger partial charge in [0.1, 0.15) is 18.3 Å². The molecule has 3 aromatic rings. The van der Waals surface area contributed by atoms with Crippen molar-refractivity contribution in [2.75, 3.05) is 18.0 Å². The van der Waals surface area contributed by atoms with Crippen LogP contribution in [0.2, 0.25) is 0 Å². The van der Waals surface area contributed by atoms with Crippen molar-refractivity contribution in [2.45, 2.75) is 64.1 Å². The van der Waals surface area contributed by atoms with Crippen molar-refractivity contribution < 1.29 is 22.7 Å². The van der Waals surface area contributed by atoms with E-state index >= 15 is 0 Å². The Labute approximate surface area is 238 Å². The largest absolute Gasteiger partial charge is 0.497 e. The topological polar surface area (TPSA) is 96.0 Å². The number of amides is 2. The number of rotatable bonds is 13. The van der Waals surface area contributed by atoms with Crippen molar-refractivity contribution in [2.24, 2.45) is 0 Å². The van der Waals surface area contributed by atoms with Crippen molar-refractivity contribution >= 4 is 27.5 Å². The summed E-state index contributed by atoms with van der Waals surface area (Å²) < 4.78 is 34.3. The van der Waals surface area contributed by atoms with E-state index in [4.69, 9.17) is 4.74 Å². The molecule has 0 saturated heterocycles. The normalized spacial score (nSPS) is 12.7. The third-order valence-electron chi connectivity index (χ3n) is 6.93. The molecule has 0 aliphatic carbocycles. The van der Waals surface area contributed by atoms with Crippen LogP contribution in [0.5, 0.6) is 5.75 Å². The van der Waals surface area contributed by atoms with Gasteiger partial charge in [0, 0.05) is 12.6 Å². The second-order valence-corrected chi connectivity index (χ2v) is 11.5. The van der Waals surface area contributed by atoms with Crippen LogP contribution >= 0.6 is 0 Å². The van der Waals surface area contributed by atoms with Gasteiger partial charge in [-0.05, 0) is 68.1 Å². The molecule has 0 unspecified atom stereocenters. The van der Waals surface area contributed by atoms with Crippen LogP contribution in [-0.4, -0.2) is 50.9 Å². The van der Waals surface area contributed by atoms with Gasteiger partial charge < -0.3 is 15.0 Å². The van der Waals surface area contributed by atoms with Crippen LogP contribution in [-0.2, 0) is 32.6 Å². The molecule has 0 spiro atoms. The first-order valence-electron chi connectivity index (χ1n) is 13.5. The zero-order chi connectivity index (χ0) is 29.3. The molecule has 3 aromatic carbocycles. The number of carbonyl (C=O) groups excluding carboxylic acids is 2. The van der Waals surface area contributed by atoms with E-state index in [1.807, 2.05) is 45.0 Å². The quantitative estimate of drug-likeness (QED) is 0.322. The molecule has 0 aromatic heterocycles. The second-order valence-electron chi connectivity index (χ2n) is 9.67.